The third kappa shape index (κ3) is 7.53. The Bertz CT molecular complexity index is 1050. The molecule has 2 aromatic rings. The van der Waals surface area contributed by atoms with E-state index in [9.17, 15) is 14.4 Å². The van der Waals surface area contributed by atoms with Crippen molar-refractivity contribution in [2.45, 2.75) is 32.1 Å². The number of nitrogens with zero attached hydrogens (tertiary/aromatic N) is 1. The number of rotatable bonds is 11. The van der Waals surface area contributed by atoms with Crippen molar-refractivity contribution in [3.63, 3.8) is 0 Å². The maximum atomic E-state index is 12.8. The number of carbonyl (C=O) groups excluding carboxylic acids is 3. The monoisotopic (exact) mass is 496 g/mol. The van der Waals surface area contributed by atoms with Crippen molar-refractivity contribution in [1.82, 2.24) is 10.2 Å². The normalized spacial score (nSPS) is 14.5. The van der Waals surface area contributed by atoms with Gasteiger partial charge in [0.1, 0.15) is 4.32 Å². The number of nitrogens with one attached hydrogen (secondary N) is 1. The minimum absolute atomic E-state index is 0.0580. The maximum absolute atomic E-state index is 12.8. The van der Waals surface area contributed by atoms with E-state index in [1.165, 1.54) is 24.4 Å². The lowest BCUT2D eigenvalue weighted by atomic mass is 10.1. The summed E-state index contributed by atoms with van der Waals surface area (Å²) in [4.78, 5) is 38.5. The molecule has 0 atom stereocenters. The molecule has 8 heteroatoms. The van der Waals surface area contributed by atoms with Gasteiger partial charge in [-0.2, -0.15) is 0 Å². The van der Waals surface area contributed by atoms with E-state index in [4.69, 9.17) is 17.0 Å². The Balaban J connectivity index is 1.37. The van der Waals surface area contributed by atoms with Gasteiger partial charge < -0.3 is 10.1 Å². The SMILES string of the molecule is COC(=O)c1ccc(/C=C2\SC(=S)N(CCCCCC(=O)NCCc3ccccc3)C2=O)cc1. The second-order valence-electron chi connectivity index (χ2n) is 7.84. The predicted molar refractivity (Wildman–Crippen MR) is 139 cm³/mol. The smallest absolute Gasteiger partial charge is 0.337 e. The molecule has 1 heterocycles. The van der Waals surface area contributed by atoms with E-state index in [-0.39, 0.29) is 11.8 Å². The Kier molecular flexibility index (Phi) is 9.85. The summed E-state index contributed by atoms with van der Waals surface area (Å²) in [6.07, 6.45) is 5.48. The summed E-state index contributed by atoms with van der Waals surface area (Å²) in [6, 6.07) is 16.9. The van der Waals surface area contributed by atoms with Crippen LogP contribution >= 0.6 is 24.0 Å². The molecule has 1 aliphatic rings. The number of hydrogen-bond acceptors (Lipinski definition) is 6. The van der Waals surface area contributed by atoms with Gasteiger partial charge >= 0.3 is 5.97 Å². The van der Waals surface area contributed by atoms with Crippen molar-refractivity contribution >= 4 is 52.2 Å². The highest BCUT2D eigenvalue weighted by Gasteiger charge is 2.31. The molecule has 1 aliphatic heterocycles. The van der Waals surface area contributed by atoms with Crippen LogP contribution in [0.15, 0.2) is 59.5 Å². The lowest BCUT2D eigenvalue weighted by Crippen LogP contribution is -2.29. The molecule has 0 spiro atoms. The highest BCUT2D eigenvalue weighted by Crippen LogP contribution is 2.32. The molecular weight excluding hydrogens is 468 g/mol. The van der Waals surface area contributed by atoms with E-state index >= 15 is 0 Å². The van der Waals surface area contributed by atoms with Gasteiger partial charge in [-0.15, -0.1) is 0 Å². The van der Waals surface area contributed by atoms with E-state index in [2.05, 4.69) is 17.4 Å². The molecule has 2 aromatic carbocycles. The van der Waals surface area contributed by atoms with Crippen LogP contribution in [0, 0.1) is 0 Å². The Labute approximate surface area is 209 Å². The second-order valence-corrected chi connectivity index (χ2v) is 9.52. The molecule has 1 saturated heterocycles. The van der Waals surface area contributed by atoms with Crippen LogP contribution in [0.1, 0.15) is 47.2 Å². The summed E-state index contributed by atoms with van der Waals surface area (Å²) < 4.78 is 5.24. The van der Waals surface area contributed by atoms with Crippen LogP contribution in [0.3, 0.4) is 0 Å². The van der Waals surface area contributed by atoms with Crippen LogP contribution in [0.25, 0.3) is 6.08 Å². The summed E-state index contributed by atoms with van der Waals surface area (Å²) in [5, 5.41) is 2.96. The van der Waals surface area contributed by atoms with E-state index in [0.717, 1.165) is 31.2 Å². The zero-order valence-electron chi connectivity index (χ0n) is 19.1. The third-order valence-electron chi connectivity index (χ3n) is 5.37. The summed E-state index contributed by atoms with van der Waals surface area (Å²) in [7, 11) is 1.34. The highest BCUT2D eigenvalue weighted by molar-refractivity contribution is 8.26. The molecule has 2 amide bonds. The van der Waals surface area contributed by atoms with Crippen LogP contribution < -0.4 is 5.32 Å². The second kappa shape index (κ2) is 13.1. The van der Waals surface area contributed by atoms with E-state index < -0.39 is 5.97 Å². The van der Waals surface area contributed by atoms with Gasteiger partial charge in [-0.3, -0.25) is 14.5 Å². The molecule has 0 saturated carbocycles. The number of methoxy groups -OCH3 is 1. The number of thioether (sulfide) groups is 1. The quantitative estimate of drug-likeness (QED) is 0.212. The Hall–Kier alpha value is -2.97. The zero-order valence-corrected chi connectivity index (χ0v) is 20.8. The molecule has 1 N–H and O–H groups in total. The fourth-order valence-electron chi connectivity index (χ4n) is 3.49. The van der Waals surface area contributed by atoms with Gasteiger partial charge in [0.15, 0.2) is 0 Å². The Morgan fingerprint density at radius 1 is 1.06 bits per heavy atom. The van der Waals surface area contributed by atoms with Crippen molar-refractivity contribution in [3.8, 4) is 0 Å². The van der Waals surface area contributed by atoms with E-state index in [1.807, 2.05) is 18.2 Å². The standard InChI is InChI=1S/C26H28N2O4S2/c1-32-25(31)21-13-11-20(12-14-21)18-22-24(30)28(26(33)34-22)17-7-3-6-10-23(29)27-16-15-19-8-4-2-5-9-19/h2,4-5,8-9,11-14,18H,3,6-7,10,15-17H2,1H3,(H,27,29)/b22-18-. The zero-order chi connectivity index (χ0) is 24.3. The number of hydrogen-bond donors (Lipinski definition) is 1. The molecule has 178 valence electrons. The number of amides is 2. The fourth-order valence-corrected chi connectivity index (χ4v) is 4.80. The first-order valence-electron chi connectivity index (χ1n) is 11.2. The van der Waals surface area contributed by atoms with Crippen molar-refractivity contribution < 1.29 is 19.1 Å². The van der Waals surface area contributed by atoms with Crippen molar-refractivity contribution in [1.29, 1.82) is 0 Å². The first kappa shape index (κ1) is 25.6. The first-order chi connectivity index (χ1) is 16.5. The number of thiocarbonyl (C=S) groups is 1. The molecule has 0 aliphatic carbocycles. The summed E-state index contributed by atoms with van der Waals surface area (Å²) in [5.41, 5.74) is 2.47. The number of unbranched alkanes of at least 4 members (excludes halogenated alkanes) is 2. The van der Waals surface area contributed by atoms with Crippen molar-refractivity contribution in [2.75, 3.05) is 20.2 Å². The molecular formula is C26H28N2O4S2. The van der Waals surface area contributed by atoms with Gasteiger partial charge in [-0.25, -0.2) is 4.79 Å². The maximum Gasteiger partial charge on any atom is 0.337 e. The molecule has 6 nitrogen and oxygen atoms in total. The van der Waals surface area contributed by atoms with Crippen LogP contribution in [0.4, 0.5) is 0 Å². The average molecular weight is 497 g/mol. The van der Waals surface area contributed by atoms with Gasteiger partial charge in [0.2, 0.25) is 5.91 Å². The summed E-state index contributed by atoms with van der Waals surface area (Å²) in [6.45, 7) is 1.18. The molecule has 0 radical (unpaired) electrons. The minimum atomic E-state index is -0.400. The molecule has 0 unspecified atom stereocenters. The first-order valence-corrected chi connectivity index (χ1v) is 12.4. The lowest BCUT2D eigenvalue weighted by Gasteiger charge is -2.14. The Morgan fingerprint density at radius 3 is 2.50 bits per heavy atom. The third-order valence-corrected chi connectivity index (χ3v) is 6.75. The van der Waals surface area contributed by atoms with Crippen LogP contribution in [0.5, 0.6) is 0 Å². The van der Waals surface area contributed by atoms with Crippen LogP contribution in [0.2, 0.25) is 0 Å². The number of benzene rings is 2. The number of ether oxygens (including phenoxy) is 1. The molecule has 0 aromatic heterocycles. The van der Waals surface area contributed by atoms with Gasteiger partial charge in [-0.1, -0.05) is 72.9 Å². The van der Waals surface area contributed by atoms with Crippen LogP contribution in [-0.4, -0.2) is 47.2 Å². The van der Waals surface area contributed by atoms with Gasteiger partial charge in [0.05, 0.1) is 17.6 Å². The van der Waals surface area contributed by atoms with Gasteiger partial charge in [-0.05, 0) is 48.6 Å². The van der Waals surface area contributed by atoms with E-state index in [0.29, 0.717) is 34.3 Å². The van der Waals surface area contributed by atoms with Gasteiger partial charge in [0.25, 0.3) is 5.91 Å². The molecule has 1 fully saturated rings. The molecule has 3 rings (SSSR count). The Morgan fingerprint density at radius 2 is 1.79 bits per heavy atom. The topological polar surface area (TPSA) is 75.7 Å². The lowest BCUT2D eigenvalue weighted by molar-refractivity contribution is -0.122. The van der Waals surface area contributed by atoms with Crippen molar-refractivity contribution in [2.24, 2.45) is 0 Å². The highest BCUT2D eigenvalue weighted by atomic mass is 32.2. The van der Waals surface area contributed by atoms with Gasteiger partial charge in [0, 0.05) is 19.5 Å². The largest absolute Gasteiger partial charge is 0.465 e. The molecule has 0 bridgehead atoms. The van der Waals surface area contributed by atoms with Crippen molar-refractivity contribution in [3.05, 3.63) is 76.2 Å². The minimum Gasteiger partial charge on any atom is -0.465 e. The van der Waals surface area contributed by atoms with E-state index in [1.54, 1.807) is 35.2 Å². The number of esters is 1. The number of carbonyl (C=O) groups is 3. The van der Waals surface area contributed by atoms with Crippen LogP contribution in [-0.2, 0) is 20.7 Å². The average Bonchev–Trinajstić information content (AvgIpc) is 3.11. The summed E-state index contributed by atoms with van der Waals surface area (Å²) in [5.74, 6) is -0.448. The fraction of sp³-hybridized carbons (Fsp3) is 0.308. The predicted octanol–water partition coefficient (Wildman–Crippen LogP) is 4.59. The molecule has 34 heavy (non-hydrogen) atoms. The summed E-state index contributed by atoms with van der Waals surface area (Å²) >= 11 is 6.67.